The Bertz CT molecular complexity index is 499. The molecule has 5 heteroatoms. The van der Waals surface area contributed by atoms with Crippen LogP contribution in [0.25, 0.3) is 0 Å². The highest BCUT2D eigenvalue weighted by Gasteiger charge is 2.20. The predicted octanol–water partition coefficient (Wildman–Crippen LogP) is 2.35. The van der Waals surface area contributed by atoms with Gasteiger partial charge in [-0.1, -0.05) is 13.0 Å². The van der Waals surface area contributed by atoms with Crippen molar-refractivity contribution in [1.29, 1.82) is 0 Å². The van der Waals surface area contributed by atoms with Crippen LogP contribution in [0.5, 0.6) is 5.75 Å². The molecule has 5 nitrogen and oxygen atoms in total. The van der Waals surface area contributed by atoms with E-state index in [1.807, 2.05) is 19.9 Å². The third-order valence-corrected chi connectivity index (χ3v) is 2.95. The first-order valence-electron chi connectivity index (χ1n) is 6.95. The van der Waals surface area contributed by atoms with Gasteiger partial charge in [-0.25, -0.2) is 0 Å². The number of rotatable bonds is 6. The Morgan fingerprint density at radius 2 is 1.90 bits per heavy atom. The molecule has 21 heavy (non-hydrogen) atoms. The highest BCUT2D eigenvalue weighted by atomic mass is 16.5. The van der Waals surface area contributed by atoms with E-state index in [2.05, 4.69) is 4.74 Å². The van der Waals surface area contributed by atoms with Gasteiger partial charge < -0.3 is 14.4 Å². The molecule has 1 amide bonds. The van der Waals surface area contributed by atoms with Gasteiger partial charge in [0.05, 0.1) is 19.1 Å². The molecule has 0 aliphatic rings. The van der Waals surface area contributed by atoms with Crippen molar-refractivity contribution in [2.45, 2.75) is 26.9 Å². The van der Waals surface area contributed by atoms with Crippen molar-refractivity contribution >= 4 is 11.9 Å². The standard InChI is InChI=1S/C16H23NO4/c1-11(2)21-14-8-6-7-13(9-14)15(18)17(4)10-12(3)16(19)20-5/h6-9,11-12H,10H2,1-5H3. The lowest BCUT2D eigenvalue weighted by atomic mass is 10.1. The van der Waals surface area contributed by atoms with Crippen LogP contribution in [0.15, 0.2) is 24.3 Å². The molecule has 0 heterocycles. The molecule has 0 aromatic heterocycles. The van der Waals surface area contributed by atoms with Crippen LogP contribution in [0.4, 0.5) is 0 Å². The maximum atomic E-state index is 12.3. The first-order valence-corrected chi connectivity index (χ1v) is 6.95. The summed E-state index contributed by atoms with van der Waals surface area (Å²) in [6.07, 6.45) is 0.0485. The van der Waals surface area contributed by atoms with E-state index in [9.17, 15) is 9.59 Å². The molecule has 1 aromatic carbocycles. The maximum Gasteiger partial charge on any atom is 0.310 e. The topological polar surface area (TPSA) is 55.8 Å². The van der Waals surface area contributed by atoms with E-state index in [0.29, 0.717) is 17.9 Å². The summed E-state index contributed by atoms with van der Waals surface area (Å²) in [6.45, 7) is 5.89. The van der Waals surface area contributed by atoms with Crippen LogP contribution in [-0.4, -0.2) is 43.6 Å². The summed E-state index contributed by atoms with van der Waals surface area (Å²) in [5.74, 6) is -0.184. The Labute approximate surface area is 125 Å². The Kier molecular flexibility index (Phi) is 6.21. The second-order valence-corrected chi connectivity index (χ2v) is 5.30. The van der Waals surface area contributed by atoms with Gasteiger partial charge in [-0.3, -0.25) is 9.59 Å². The molecule has 0 radical (unpaired) electrons. The molecule has 0 aliphatic carbocycles. The molecule has 1 rings (SSSR count). The molecule has 116 valence electrons. The number of nitrogens with zero attached hydrogens (tertiary/aromatic N) is 1. The van der Waals surface area contributed by atoms with E-state index in [4.69, 9.17) is 4.74 Å². The Hall–Kier alpha value is -2.04. The lowest BCUT2D eigenvalue weighted by molar-refractivity contribution is -0.145. The molecule has 0 bridgehead atoms. The molecule has 0 saturated carbocycles. The molecular weight excluding hydrogens is 270 g/mol. The molecule has 0 N–H and O–H groups in total. The number of hydrogen-bond donors (Lipinski definition) is 0. The molecule has 0 aliphatic heterocycles. The number of methoxy groups -OCH3 is 1. The number of esters is 1. The van der Waals surface area contributed by atoms with Crippen LogP contribution in [0.1, 0.15) is 31.1 Å². The zero-order valence-electron chi connectivity index (χ0n) is 13.3. The highest BCUT2D eigenvalue weighted by Crippen LogP contribution is 2.16. The molecule has 0 spiro atoms. The summed E-state index contributed by atoms with van der Waals surface area (Å²) in [5.41, 5.74) is 0.535. The van der Waals surface area contributed by atoms with Gasteiger partial charge in [0.2, 0.25) is 0 Å². The van der Waals surface area contributed by atoms with E-state index in [-0.39, 0.29) is 23.9 Å². The molecule has 0 fully saturated rings. The quantitative estimate of drug-likeness (QED) is 0.756. The summed E-state index contributed by atoms with van der Waals surface area (Å²) >= 11 is 0. The summed E-state index contributed by atoms with van der Waals surface area (Å²) in [6, 6.07) is 7.03. The van der Waals surface area contributed by atoms with Gasteiger partial charge >= 0.3 is 5.97 Å². The second-order valence-electron chi connectivity index (χ2n) is 5.30. The van der Waals surface area contributed by atoms with Crippen molar-refractivity contribution in [3.8, 4) is 5.75 Å². The highest BCUT2D eigenvalue weighted by molar-refractivity contribution is 5.94. The van der Waals surface area contributed by atoms with Crippen molar-refractivity contribution in [1.82, 2.24) is 4.90 Å². The Morgan fingerprint density at radius 1 is 1.24 bits per heavy atom. The summed E-state index contributed by atoms with van der Waals surface area (Å²) in [4.78, 5) is 25.3. The normalized spacial score (nSPS) is 11.9. The minimum Gasteiger partial charge on any atom is -0.491 e. The maximum absolute atomic E-state index is 12.3. The zero-order chi connectivity index (χ0) is 16.0. The van der Waals surface area contributed by atoms with Gasteiger partial charge in [0.15, 0.2) is 0 Å². The average Bonchev–Trinajstić information content (AvgIpc) is 2.44. The van der Waals surface area contributed by atoms with E-state index in [0.717, 1.165) is 0 Å². The number of benzene rings is 1. The monoisotopic (exact) mass is 293 g/mol. The second kappa shape index (κ2) is 7.67. The third kappa shape index (κ3) is 5.10. The number of carbonyl (C=O) groups excluding carboxylic acids is 2. The van der Waals surface area contributed by atoms with Gasteiger partial charge in [0.25, 0.3) is 5.91 Å². The smallest absolute Gasteiger partial charge is 0.310 e. The zero-order valence-corrected chi connectivity index (χ0v) is 13.3. The first kappa shape index (κ1) is 17.0. The van der Waals surface area contributed by atoms with Gasteiger partial charge in [-0.15, -0.1) is 0 Å². The van der Waals surface area contributed by atoms with E-state index in [1.165, 1.54) is 12.0 Å². The number of hydrogen-bond acceptors (Lipinski definition) is 4. The fourth-order valence-electron chi connectivity index (χ4n) is 1.96. The molecule has 0 saturated heterocycles. The summed E-state index contributed by atoms with van der Waals surface area (Å²) in [5, 5.41) is 0. The molecule has 1 unspecified atom stereocenters. The number of ether oxygens (including phenoxy) is 2. The third-order valence-electron chi connectivity index (χ3n) is 2.95. The number of amides is 1. The van der Waals surface area contributed by atoms with Crippen LogP contribution in [0.2, 0.25) is 0 Å². The van der Waals surface area contributed by atoms with Crippen molar-refractivity contribution in [2.24, 2.45) is 5.92 Å². The van der Waals surface area contributed by atoms with Gasteiger partial charge in [0, 0.05) is 19.2 Å². The van der Waals surface area contributed by atoms with E-state index in [1.54, 1.807) is 32.2 Å². The number of carbonyl (C=O) groups is 2. The fraction of sp³-hybridized carbons (Fsp3) is 0.500. The van der Waals surface area contributed by atoms with E-state index >= 15 is 0 Å². The Balaban J connectivity index is 2.76. The molecule has 1 atom stereocenters. The first-order chi connectivity index (χ1) is 9.85. The van der Waals surface area contributed by atoms with Crippen molar-refractivity contribution in [3.63, 3.8) is 0 Å². The van der Waals surface area contributed by atoms with Crippen molar-refractivity contribution < 1.29 is 19.1 Å². The lowest BCUT2D eigenvalue weighted by Crippen LogP contribution is -2.34. The van der Waals surface area contributed by atoms with Gasteiger partial charge in [-0.2, -0.15) is 0 Å². The minimum absolute atomic E-state index is 0.0485. The van der Waals surface area contributed by atoms with Crippen molar-refractivity contribution in [3.05, 3.63) is 29.8 Å². The van der Waals surface area contributed by atoms with Crippen LogP contribution in [-0.2, 0) is 9.53 Å². The average molecular weight is 293 g/mol. The summed E-state index contributed by atoms with van der Waals surface area (Å²) in [7, 11) is 3.01. The minimum atomic E-state index is -0.362. The SMILES string of the molecule is COC(=O)C(C)CN(C)C(=O)c1cccc(OC(C)C)c1. The predicted molar refractivity (Wildman–Crippen MR) is 80.3 cm³/mol. The molecule has 1 aromatic rings. The van der Waals surface area contributed by atoms with Crippen LogP contribution in [0.3, 0.4) is 0 Å². The fourth-order valence-corrected chi connectivity index (χ4v) is 1.96. The molecular formula is C16H23NO4. The van der Waals surface area contributed by atoms with Crippen LogP contribution < -0.4 is 4.74 Å². The lowest BCUT2D eigenvalue weighted by Gasteiger charge is -2.20. The van der Waals surface area contributed by atoms with Crippen molar-refractivity contribution in [2.75, 3.05) is 20.7 Å². The largest absolute Gasteiger partial charge is 0.491 e. The summed E-state index contributed by atoms with van der Waals surface area (Å²) < 4.78 is 10.2. The van der Waals surface area contributed by atoms with E-state index < -0.39 is 0 Å². The van der Waals surface area contributed by atoms with Crippen LogP contribution in [0, 0.1) is 5.92 Å². The van der Waals surface area contributed by atoms with Gasteiger partial charge in [-0.05, 0) is 32.0 Å². The van der Waals surface area contributed by atoms with Crippen LogP contribution >= 0.6 is 0 Å². The Morgan fingerprint density at radius 3 is 2.48 bits per heavy atom. The van der Waals surface area contributed by atoms with Gasteiger partial charge in [0.1, 0.15) is 5.75 Å².